The van der Waals surface area contributed by atoms with Crippen LogP contribution in [0.2, 0.25) is 0 Å². The highest BCUT2D eigenvalue weighted by molar-refractivity contribution is 5.78. The van der Waals surface area contributed by atoms with Crippen molar-refractivity contribution in [3.8, 4) is 22.3 Å². The molecule has 0 fully saturated rings. The van der Waals surface area contributed by atoms with Crippen molar-refractivity contribution in [2.45, 2.75) is 26.3 Å². The maximum absolute atomic E-state index is 4.35. The smallest absolute Gasteiger partial charge is 0.0626 e. The highest BCUT2D eigenvalue weighted by atomic mass is 15.2. The molecule has 1 heterocycles. The summed E-state index contributed by atoms with van der Waals surface area (Å²) in [6, 6.07) is 48.1. The molecule has 5 aromatic carbocycles. The zero-order chi connectivity index (χ0) is 35.4. The van der Waals surface area contributed by atoms with Crippen LogP contribution < -0.4 is 9.80 Å². The topological polar surface area (TPSA) is 6.48 Å². The molecular weight excluding hydrogens is 629 g/mol. The van der Waals surface area contributed by atoms with Crippen LogP contribution in [-0.2, 0) is 0 Å². The molecule has 1 aliphatic heterocycles. The van der Waals surface area contributed by atoms with Crippen LogP contribution >= 0.6 is 0 Å². The third kappa shape index (κ3) is 6.45. The predicted molar refractivity (Wildman–Crippen MR) is 222 cm³/mol. The number of allylic oxidation sites excluding steroid dienone is 9. The molecule has 0 saturated carbocycles. The lowest BCUT2D eigenvalue weighted by Gasteiger charge is -2.33. The van der Waals surface area contributed by atoms with Crippen molar-refractivity contribution in [1.29, 1.82) is 0 Å². The highest BCUT2D eigenvalue weighted by Crippen LogP contribution is 2.47. The molecule has 52 heavy (non-hydrogen) atoms. The van der Waals surface area contributed by atoms with Crippen LogP contribution in [0.25, 0.3) is 27.8 Å². The molecule has 3 atom stereocenters. The second-order valence-corrected chi connectivity index (χ2v) is 13.8. The second-order valence-electron chi connectivity index (χ2n) is 13.8. The zero-order valence-corrected chi connectivity index (χ0v) is 29.9. The number of nitrogens with zero attached hydrogens (tertiary/aromatic N) is 2. The molecule has 3 unspecified atom stereocenters. The lowest BCUT2D eigenvalue weighted by atomic mass is 9.86. The third-order valence-corrected chi connectivity index (χ3v) is 10.6. The molecule has 2 heteroatoms. The molecule has 0 amide bonds. The fraction of sp³-hybridized carbons (Fsp3) is 0.120. The number of anilines is 3. The van der Waals surface area contributed by atoms with Gasteiger partial charge in [0.05, 0.1) is 6.04 Å². The quantitative estimate of drug-likeness (QED) is 0.144. The molecule has 3 aliphatic rings. The second kappa shape index (κ2) is 14.6. The average Bonchev–Trinajstić information content (AvgIpc) is 3.56. The number of rotatable bonds is 9. The van der Waals surface area contributed by atoms with Gasteiger partial charge in [-0.05, 0) is 94.8 Å². The van der Waals surface area contributed by atoms with Crippen LogP contribution in [0, 0.1) is 11.8 Å². The molecule has 0 radical (unpaired) electrons. The van der Waals surface area contributed by atoms with Crippen molar-refractivity contribution in [2.75, 3.05) is 9.80 Å². The Hall–Kier alpha value is -6.12. The van der Waals surface area contributed by atoms with Gasteiger partial charge in [-0.2, -0.15) is 0 Å². The third-order valence-electron chi connectivity index (χ3n) is 10.6. The Morgan fingerprint density at radius 1 is 0.673 bits per heavy atom. The van der Waals surface area contributed by atoms with E-state index in [2.05, 4.69) is 212 Å². The van der Waals surface area contributed by atoms with Gasteiger partial charge in [-0.1, -0.05) is 159 Å². The first-order valence-corrected chi connectivity index (χ1v) is 18.4. The molecule has 0 saturated heterocycles. The Kier molecular flexibility index (Phi) is 9.29. The van der Waals surface area contributed by atoms with Crippen LogP contribution in [0.5, 0.6) is 0 Å². The van der Waals surface area contributed by atoms with Gasteiger partial charge in [-0.25, -0.2) is 0 Å². The summed E-state index contributed by atoms with van der Waals surface area (Å²) in [6.45, 7) is 8.81. The van der Waals surface area contributed by atoms with Crippen LogP contribution in [0.3, 0.4) is 0 Å². The SMILES string of the molecule is C=C(/C=C\C(=C/C)N(c1ccc(-c2ccccc2)cc1)c1ccc(-c2ccc(N3C4=C(C=CCC4C)C4C=CC=CC43)cc2)cc1)c1ccccc1. The minimum absolute atomic E-state index is 0.331. The fourth-order valence-electron chi connectivity index (χ4n) is 7.87. The molecule has 0 aromatic heterocycles. The van der Waals surface area contributed by atoms with E-state index in [4.69, 9.17) is 0 Å². The van der Waals surface area contributed by atoms with E-state index in [1.807, 2.05) is 6.07 Å². The first-order valence-electron chi connectivity index (χ1n) is 18.4. The van der Waals surface area contributed by atoms with Crippen molar-refractivity contribution in [3.63, 3.8) is 0 Å². The standard InChI is InChI=1S/C50H44N2/c1-4-43(29-22-36(2)38-15-7-5-8-16-38)51(44-30-23-40(24-31-44)39-17-9-6-10-18-39)45-32-25-41(26-33-45)42-27-34-46(35-28-42)52-49-21-12-11-19-47(49)48-20-13-14-37(3)50(48)52/h4-13,15-35,37,47,49H,2,14H2,1,3H3/b29-22-,43-4+. The number of hydrogen-bond acceptors (Lipinski definition) is 2. The highest BCUT2D eigenvalue weighted by Gasteiger charge is 2.41. The van der Waals surface area contributed by atoms with Gasteiger partial charge in [0.25, 0.3) is 0 Å². The fourth-order valence-corrected chi connectivity index (χ4v) is 7.87. The zero-order valence-electron chi connectivity index (χ0n) is 29.9. The first-order chi connectivity index (χ1) is 25.6. The summed E-state index contributed by atoms with van der Waals surface area (Å²) in [5, 5.41) is 0. The molecule has 0 spiro atoms. The molecule has 8 rings (SSSR count). The number of fused-ring (bicyclic) bond motifs is 2. The summed E-state index contributed by atoms with van der Waals surface area (Å²) in [6.07, 6.45) is 21.4. The van der Waals surface area contributed by atoms with Crippen molar-refractivity contribution < 1.29 is 0 Å². The van der Waals surface area contributed by atoms with E-state index in [9.17, 15) is 0 Å². The van der Waals surface area contributed by atoms with E-state index in [0.29, 0.717) is 17.9 Å². The molecule has 0 N–H and O–H groups in total. The monoisotopic (exact) mass is 672 g/mol. The Labute approximate surface area is 309 Å². The van der Waals surface area contributed by atoms with E-state index < -0.39 is 0 Å². The van der Waals surface area contributed by atoms with Crippen LogP contribution in [-0.4, -0.2) is 6.04 Å². The van der Waals surface area contributed by atoms with Crippen molar-refractivity contribution in [3.05, 3.63) is 217 Å². The molecule has 0 bridgehead atoms. The van der Waals surface area contributed by atoms with Gasteiger partial charge in [-0.3, -0.25) is 0 Å². The summed E-state index contributed by atoms with van der Waals surface area (Å²) < 4.78 is 0. The predicted octanol–water partition coefficient (Wildman–Crippen LogP) is 13.1. The van der Waals surface area contributed by atoms with E-state index in [1.54, 1.807) is 0 Å². The van der Waals surface area contributed by atoms with Crippen molar-refractivity contribution >= 4 is 22.6 Å². The lowest BCUT2D eigenvalue weighted by Crippen LogP contribution is -2.34. The van der Waals surface area contributed by atoms with E-state index in [0.717, 1.165) is 34.6 Å². The summed E-state index contributed by atoms with van der Waals surface area (Å²) in [7, 11) is 0. The molecule has 2 aliphatic carbocycles. The molecule has 2 nitrogen and oxygen atoms in total. The largest absolute Gasteiger partial charge is 0.337 e. The number of benzene rings is 5. The Bertz CT molecular complexity index is 2230. The summed E-state index contributed by atoms with van der Waals surface area (Å²) >= 11 is 0. The molecular formula is C50H44N2. The van der Waals surface area contributed by atoms with Crippen molar-refractivity contribution in [1.82, 2.24) is 0 Å². The van der Waals surface area contributed by atoms with Gasteiger partial charge in [0.1, 0.15) is 0 Å². The first kappa shape index (κ1) is 33.0. The van der Waals surface area contributed by atoms with Crippen LogP contribution in [0.1, 0.15) is 25.8 Å². The minimum Gasteiger partial charge on any atom is -0.337 e. The summed E-state index contributed by atoms with van der Waals surface area (Å²) in [5.41, 5.74) is 14.4. The van der Waals surface area contributed by atoms with Gasteiger partial charge < -0.3 is 9.80 Å². The van der Waals surface area contributed by atoms with Crippen LogP contribution in [0.4, 0.5) is 17.1 Å². The summed E-state index contributed by atoms with van der Waals surface area (Å²) in [5.74, 6) is 0.919. The maximum atomic E-state index is 4.35. The normalized spacial score (nSPS) is 19.2. The van der Waals surface area contributed by atoms with Gasteiger partial charge in [0.2, 0.25) is 0 Å². The lowest BCUT2D eigenvalue weighted by molar-refractivity contribution is 0.637. The number of hydrogen-bond donors (Lipinski definition) is 0. The molecule has 254 valence electrons. The van der Waals surface area contributed by atoms with Gasteiger partial charge >= 0.3 is 0 Å². The van der Waals surface area contributed by atoms with Gasteiger partial charge in [0, 0.05) is 40.3 Å². The van der Waals surface area contributed by atoms with Crippen LogP contribution in [0.15, 0.2) is 212 Å². The maximum Gasteiger partial charge on any atom is 0.0626 e. The van der Waals surface area contributed by atoms with Crippen molar-refractivity contribution in [2.24, 2.45) is 11.8 Å². The van der Waals surface area contributed by atoms with E-state index in [1.165, 1.54) is 39.2 Å². The summed E-state index contributed by atoms with van der Waals surface area (Å²) in [4.78, 5) is 4.90. The Balaban J connectivity index is 1.09. The Morgan fingerprint density at radius 2 is 1.23 bits per heavy atom. The minimum atomic E-state index is 0.331. The Morgan fingerprint density at radius 3 is 1.85 bits per heavy atom. The average molecular weight is 673 g/mol. The molecule has 5 aromatic rings. The van der Waals surface area contributed by atoms with Gasteiger partial charge in [-0.15, -0.1) is 0 Å². The van der Waals surface area contributed by atoms with E-state index in [-0.39, 0.29) is 0 Å². The van der Waals surface area contributed by atoms with E-state index >= 15 is 0 Å². The van der Waals surface area contributed by atoms with Gasteiger partial charge in [0.15, 0.2) is 0 Å².